The van der Waals surface area contributed by atoms with Crippen molar-refractivity contribution in [3.05, 3.63) is 83.7 Å². The molecule has 1 heterocycles. The van der Waals surface area contributed by atoms with E-state index in [-0.39, 0.29) is 0 Å². The molecule has 0 fully saturated rings. The number of fused-ring (bicyclic) bond motifs is 1. The molecule has 0 radical (unpaired) electrons. The Bertz CT molecular complexity index is 1490. The number of hydrogen-bond acceptors (Lipinski definition) is 4. The number of primary amides is 1. The van der Waals surface area contributed by atoms with Crippen molar-refractivity contribution in [1.29, 1.82) is 0 Å². The van der Waals surface area contributed by atoms with Gasteiger partial charge >= 0.3 is 5.51 Å². The predicted octanol–water partition coefficient (Wildman–Crippen LogP) is 4.79. The summed E-state index contributed by atoms with van der Waals surface area (Å²) in [5.41, 5.74) is 3.81. The molecule has 0 aliphatic rings. The molecule has 0 bridgehead atoms. The maximum absolute atomic E-state index is 12.7. The zero-order chi connectivity index (χ0) is 23.8. The van der Waals surface area contributed by atoms with Crippen LogP contribution in [0.5, 0.6) is 0 Å². The topological polar surface area (TPSA) is 106 Å². The lowest BCUT2D eigenvalue weighted by molar-refractivity contribution is -0.0436. The van der Waals surface area contributed by atoms with Gasteiger partial charge in [-0.15, -0.1) is 0 Å². The zero-order valence-electron chi connectivity index (χ0n) is 16.8. The Morgan fingerprint density at radius 2 is 1.67 bits per heavy atom. The number of carbonyl (C=O) groups is 1. The lowest BCUT2D eigenvalue weighted by atomic mass is 9.99. The summed E-state index contributed by atoms with van der Waals surface area (Å²) >= 11 is 0. The summed E-state index contributed by atoms with van der Waals surface area (Å²) < 4.78 is 60.9. The molecule has 0 saturated heterocycles. The van der Waals surface area contributed by atoms with Gasteiger partial charge in [-0.25, -0.2) is 13.4 Å². The van der Waals surface area contributed by atoms with E-state index in [1.165, 1.54) is 12.1 Å². The van der Waals surface area contributed by atoms with Crippen molar-refractivity contribution in [1.82, 2.24) is 9.97 Å². The highest BCUT2D eigenvalue weighted by atomic mass is 32.2. The summed E-state index contributed by atoms with van der Waals surface area (Å²) in [6.07, 6.45) is 3.20. The van der Waals surface area contributed by atoms with Crippen molar-refractivity contribution in [2.45, 2.75) is 10.4 Å². The Labute approximate surface area is 186 Å². The van der Waals surface area contributed by atoms with E-state index in [1.54, 1.807) is 36.4 Å². The third kappa shape index (κ3) is 4.37. The molecule has 3 N–H and O–H groups in total. The van der Waals surface area contributed by atoms with Gasteiger partial charge in [-0.05, 0) is 53.1 Å². The van der Waals surface area contributed by atoms with E-state index in [9.17, 15) is 26.4 Å². The van der Waals surface area contributed by atoms with E-state index >= 15 is 0 Å². The number of imidazole rings is 1. The molecule has 1 amide bonds. The van der Waals surface area contributed by atoms with Gasteiger partial charge < -0.3 is 10.7 Å². The summed E-state index contributed by atoms with van der Waals surface area (Å²) in [6, 6.07) is 16.8. The minimum atomic E-state index is -5.38. The van der Waals surface area contributed by atoms with Gasteiger partial charge in [0.25, 0.3) is 9.84 Å². The molecule has 4 rings (SSSR count). The first kappa shape index (κ1) is 22.3. The van der Waals surface area contributed by atoms with Crippen LogP contribution in [0.4, 0.5) is 13.2 Å². The molecule has 168 valence electrons. The van der Waals surface area contributed by atoms with Gasteiger partial charge in [-0.1, -0.05) is 42.5 Å². The number of aromatic amines is 1. The number of nitrogens with two attached hydrogens (primary N) is 1. The normalized spacial score (nSPS) is 12.5. The molecular formula is C23H16F3N3O3S. The number of H-pyrrole nitrogens is 1. The maximum atomic E-state index is 12.7. The van der Waals surface area contributed by atoms with E-state index in [0.717, 1.165) is 23.2 Å². The number of nitrogens with zero attached hydrogens (tertiary/aromatic N) is 1. The number of carbonyl (C=O) groups excluding carboxylic acids is 1. The number of aromatic nitrogens is 2. The van der Waals surface area contributed by atoms with Crippen LogP contribution in [0.15, 0.2) is 71.6 Å². The van der Waals surface area contributed by atoms with Crippen LogP contribution in [0.2, 0.25) is 0 Å². The van der Waals surface area contributed by atoms with Crippen LogP contribution in [0, 0.1) is 0 Å². The van der Waals surface area contributed by atoms with Crippen molar-refractivity contribution in [2.75, 3.05) is 0 Å². The second-order valence-corrected chi connectivity index (χ2v) is 9.06. The number of benzene rings is 3. The molecule has 0 atom stereocenters. The first-order valence-electron chi connectivity index (χ1n) is 9.55. The van der Waals surface area contributed by atoms with Crippen molar-refractivity contribution in [3.63, 3.8) is 0 Å². The maximum Gasteiger partial charge on any atom is 0.501 e. The number of amides is 1. The third-order valence-electron chi connectivity index (χ3n) is 4.93. The fourth-order valence-corrected chi connectivity index (χ4v) is 4.05. The molecule has 0 aliphatic carbocycles. The highest BCUT2D eigenvalue weighted by Crippen LogP contribution is 2.30. The van der Waals surface area contributed by atoms with Crippen molar-refractivity contribution in [2.24, 2.45) is 5.73 Å². The lowest BCUT2D eigenvalue weighted by Crippen LogP contribution is -2.23. The summed E-state index contributed by atoms with van der Waals surface area (Å²) in [4.78, 5) is 18.5. The van der Waals surface area contributed by atoms with Gasteiger partial charge in [0, 0.05) is 5.56 Å². The Kier molecular flexibility index (Phi) is 5.54. The van der Waals surface area contributed by atoms with Crippen LogP contribution in [-0.4, -0.2) is 29.8 Å². The van der Waals surface area contributed by atoms with Crippen LogP contribution in [0.25, 0.3) is 34.3 Å². The van der Waals surface area contributed by atoms with E-state index in [1.807, 2.05) is 18.2 Å². The summed E-state index contributed by atoms with van der Waals surface area (Å²) in [5.74, 6) is -0.0530. The average molecular weight is 471 g/mol. The second kappa shape index (κ2) is 8.21. The molecule has 0 unspecified atom stereocenters. The predicted molar refractivity (Wildman–Crippen MR) is 119 cm³/mol. The van der Waals surface area contributed by atoms with E-state index < -0.39 is 26.1 Å². The number of rotatable bonds is 5. The largest absolute Gasteiger partial charge is 0.501 e. The van der Waals surface area contributed by atoms with Crippen molar-refractivity contribution < 1.29 is 26.4 Å². The molecule has 10 heteroatoms. The van der Waals surface area contributed by atoms with Crippen LogP contribution in [-0.2, 0) is 9.84 Å². The Morgan fingerprint density at radius 3 is 2.33 bits per heavy atom. The summed E-state index contributed by atoms with van der Waals surface area (Å²) in [5, 5.41) is 0. The number of halogens is 3. The second-order valence-electron chi connectivity index (χ2n) is 7.12. The van der Waals surface area contributed by atoms with E-state index in [0.29, 0.717) is 28.0 Å². The van der Waals surface area contributed by atoms with Gasteiger partial charge in [0.15, 0.2) is 0 Å². The van der Waals surface area contributed by atoms with Gasteiger partial charge in [0.2, 0.25) is 5.91 Å². The highest BCUT2D eigenvalue weighted by Gasteiger charge is 2.46. The first-order chi connectivity index (χ1) is 15.6. The highest BCUT2D eigenvalue weighted by molar-refractivity contribution is 7.92. The quantitative estimate of drug-likeness (QED) is 0.436. The lowest BCUT2D eigenvalue weighted by Gasteiger charge is -2.07. The number of nitrogens with one attached hydrogen (secondary N) is 1. The molecule has 0 saturated carbocycles. The Morgan fingerprint density at radius 1 is 0.970 bits per heavy atom. The van der Waals surface area contributed by atoms with Gasteiger partial charge in [0.1, 0.15) is 5.82 Å². The van der Waals surface area contributed by atoms with Crippen LogP contribution in [0.1, 0.15) is 21.7 Å². The van der Waals surface area contributed by atoms with Crippen molar-refractivity contribution >= 4 is 38.9 Å². The molecular weight excluding hydrogens is 455 g/mol. The smallest absolute Gasteiger partial charge is 0.366 e. The van der Waals surface area contributed by atoms with E-state index in [2.05, 4.69) is 9.97 Å². The summed E-state index contributed by atoms with van der Waals surface area (Å²) in [6.45, 7) is 0. The zero-order valence-corrected chi connectivity index (χ0v) is 17.6. The Balaban J connectivity index is 1.60. The Hall–Kier alpha value is -3.92. The fraction of sp³-hybridized carbons (Fsp3) is 0.0435. The average Bonchev–Trinajstić information content (AvgIpc) is 3.19. The third-order valence-corrected chi connectivity index (χ3v) is 6.44. The monoisotopic (exact) mass is 471 g/mol. The number of alkyl halides is 3. The summed E-state index contributed by atoms with van der Waals surface area (Å²) in [7, 11) is -5.38. The van der Waals surface area contributed by atoms with Crippen LogP contribution < -0.4 is 5.73 Å². The number of hydrogen-bond donors (Lipinski definition) is 2. The van der Waals surface area contributed by atoms with Gasteiger partial charge in [0.05, 0.1) is 15.9 Å². The molecule has 3 aromatic carbocycles. The molecule has 0 aliphatic heterocycles. The minimum absolute atomic E-state index is 0.392. The van der Waals surface area contributed by atoms with Crippen LogP contribution in [0.3, 0.4) is 0 Å². The van der Waals surface area contributed by atoms with E-state index in [4.69, 9.17) is 5.73 Å². The van der Waals surface area contributed by atoms with Gasteiger partial charge in [-0.3, -0.25) is 4.79 Å². The molecule has 6 nitrogen and oxygen atoms in total. The molecule has 1 aromatic heterocycles. The molecule has 33 heavy (non-hydrogen) atoms. The minimum Gasteiger partial charge on any atom is -0.366 e. The first-order valence-corrected chi connectivity index (χ1v) is 11.0. The SMILES string of the molecule is NC(=O)c1ccccc1-c1ccc2[nH]c(C=Cc3ccc(S(=O)(=O)C(F)(F)F)cc3)nc2c1. The van der Waals surface area contributed by atoms with Crippen molar-refractivity contribution in [3.8, 4) is 11.1 Å². The molecule has 0 spiro atoms. The standard InChI is InChI=1S/C23H16F3N3O3S/c24-23(25,26)33(31,32)16-9-5-14(6-10-16)7-12-21-28-19-11-8-15(13-20(19)29-21)17-3-1-2-4-18(17)22(27)30/h1-13H,(H2,27,30)(H,28,29). The van der Waals surface area contributed by atoms with Crippen LogP contribution >= 0.6 is 0 Å². The van der Waals surface area contributed by atoms with Gasteiger partial charge in [-0.2, -0.15) is 13.2 Å². The molecule has 4 aromatic rings. The fourth-order valence-electron chi connectivity index (χ4n) is 3.29. The number of sulfone groups is 1.